The second-order valence-electron chi connectivity index (χ2n) is 8.38. The number of rotatable bonds is 5. The van der Waals surface area contributed by atoms with E-state index in [2.05, 4.69) is 5.32 Å². The van der Waals surface area contributed by atoms with Crippen molar-refractivity contribution in [1.29, 1.82) is 0 Å². The summed E-state index contributed by atoms with van der Waals surface area (Å²) in [6, 6.07) is 2.66. The van der Waals surface area contributed by atoms with Crippen molar-refractivity contribution in [2.45, 2.75) is 43.5 Å². The molecule has 1 aliphatic heterocycles. The number of nitrogens with one attached hydrogen (secondary N) is 1. The van der Waals surface area contributed by atoms with Gasteiger partial charge in [-0.05, 0) is 56.1 Å². The molecule has 0 aromatic heterocycles. The van der Waals surface area contributed by atoms with Gasteiger partial charge in [-0.2, -0.15) is 4.31 Å². The predicted octanol–water partition coefficient (Wildman–Crippen LogP) is 3.57. The lowest BCUT2D eigenvalue weighted by Crippen LogP contribution is -2.41. The summed E-state index contributed by atoms with van der Waals surface area (Å²) in [7, 11) is -3.83. The van der Waals surface area contributed by atoms with E-state index in [1.807, 2.05) is 6.92 Å². The third kappa shape index (κ3) is 4.17. The molecule has 4 unspecified atom stereocenters. The summed E-state index contributed by atoms with van der Waals surface area (Å²) in [6.07, 6.45) is 4.94. The van der Waals surface area contributed by atoms with Gasteiger partial charge in [0.1, 0.15) is 4.90 Å². The second-order valence-corrected chi connectivity index (χ2v) is 11.1. The first-order valence-electron chi connectivity index (χ1n) is 10.1. The summed E-state index contributed by atoms with van der Waals surface area (Å²) in [5.74, 6) is 1.57. The first-order chi connectivity index (χ1) is 13.8. The van der Waals surface area contributed by atoms with Gasteiger partial charge in [-0.15, -0.1) is 0 Å². The van der Waals surface area contributed by atoms with Gasteiger partial charge in [0.05, 0.1) is 28.8 Å². The molecule has 2 aliphatic carbocycles. The molecular formula is C20H26Cl2N2O4S. The first-order valence-corrected chi connectivity index (χ1v) is 12.3. The Morgan fingerprint density at radius 1 is 1.17 bits per heavy atom. The molecule has 1 heterocycles. The van der Waals surface area contributed by atoms with E-state index in [0.29, 0.717) is 25.0 Å². The Kier molecular flexibility index (Phi) is 6.15. The van der Waals surface area contributed by atoms with Crippen LogP contribution in [0.4, 0.5) is 0 Å². The third-order valence-corrected chi connectivity index (χ3v) is 9.32. The smallest absolute Gasteiger partial charge is 0.253 e. The van der Waals surface area contributed by atoms with Gasteiger partial charge in [-0.25, -0.2) is 8.42 Å². The Labute approximate surface area is 181 Å². The summed E-state index contributed by atoms with van der Waals surface area (Å²) in [5.41, 5.74) is 0.137. The number of carbonyl (C=O) groups is 1. The SMILES string of the molecule is CC(NC(=O)c1cc(S(=O)(=O)N2CCOCC2)c(Cl)cc1Cl)C1CC2CCC1C2. The second kappa shape index (κ2) is 8.35. The maximum absolute atomic E-state index is 13.0. The number of hydrogen-bond donors (Lipinski definition) is 1. The number of morpholine rings is 1. The van der Waals surface area contributed by atoms with E-state index in [0.717, 1.165) is 12.3 Å². The maximum Gasteiger partial charge on any atom is 0.253 e. The van der Waals surface area contributed by atoms with E-state index in [4.69, 9.17) is 27.9 Å². The Hall–Kier alpha value is -0.860. The van der Waals surface area contributed by atoms with Gasteiger partial charge in [-0.3, -0.25) is 4.79 Å². The van der Waals surface area contributed by atoms with E-state index in [1.54, 1.807) is 0 Å². The molecule has 2 bridgehead atoms. The lowest BCUT2D eigenvalue weighted by Gasteiger charge is -2.29. The van der Waals surface area contributed by atoms with Gasteiger partial charge in [0.25, 0.3) is 5.91 Å². The van der Waals surface area contributed by atoms with Crippen molar-refractivity contribution in [1.82, 2.24) is 9.62 Å². The van der Waals surface area contributed by atoms with Crippen LogP contribution in [-0.4, -0.2) is 51.0 Å². The summed E-state index contributed by atoms with van der Waals surface area (Å²) in [6.45, 7) is 3.20. The molecule has 9 heteroatoms. The number of carbonyl (C=O) groups excluding carboxylic acids is 1. The number of benzene rings is 1. The molecule has 0 spiro atoms. The van der Waals surface area contributed by atoms with Crippen LogP contribution in [-0.2, 0) is 14.8 Å². The molecule has 2 saturated carbocycles. The lowest BCUT2D eigenvalue weighted by atomic mass is 9.84. The van der Waals surface area contributed by atoms with E-state index < -0.39 is 10.0 Å². The predicted molar refractivity (Wildman–Crippen MR) is 112 cm³/mol. The molecule has 29 heavy (non-hydrogen) atoms. The van der Waals surface area contributed by atoms with Gasteiger partial charge in [0, 0.05) is 19.1 Å². The van der Waals surface area contributed by atoms with E-state index in [1.165, 1.54) is 35.7 Å². The molecule has 1 aromatic rings. The first kappa shape index (κ1) is 21.4. The molecule has 4 atom stereocenters. The van der Waals surface area contributed by atoms with E-state index in [-0.39, 0.29) is 45.5 Å². The number of ether oxygens (including phenoxy) is 1. The molecule has 1 aromatic carbocycles. The summed E-state index contributed by atoms with van der Waals surface area (Å²) >= 11 is 12.5. The molecular weight excluding hydrogens is 435 g/mol. The Bertz CT molecular complexity index is 902. The molecule has 1 N–H and O–H groups in total. The topological polar surface area (TPSA) is 75.7 Å². The van der Waals surface area contributed by atoms with E-state index >= 15 is 0 Å². The average Bonchev–Trinajstić information content (AvgIpc) is 3.32. The van der Waals surface area contributed by atoms with Crippen LogP contribution in [0.25, 0.3) is 0 Å². The minimum atomic E-state index is -3.83. The molecule has 3 fully saturated rings. The molecule has 0 radical (unpaired) electrons. The number of nitrogens with zero attached hydrogens (tertiary/aromatic N) is 1. The van der Waals surface area contributed by atoms with E-state index in [9.17, 15) is 13.2 Å². The van der Waals surface area contributed by atoms with Crippen molar-refractivity contribution in [2.24, 2.45) is 17.8 Å². The van der Waals surface area contributed by atoms with Crippen LogP contribution in [0.5, 0.6) is 0 Å². The molecule has 6 nitrogen and oxygen atoms in total. The van der Waals surface area contributed by atoms with Crippen molar-refractivity contribution in [3.8, 4) is 0 Å². The third-order valence-electron chi connectivity index (χ3n) is 6.65. The van der Waals surface area contributed by atoms with Gasteiger partial charge in [0.15, 0.2) is 0 Å². The zero-order valence-corrected chi connectivity index (χ0v) is 18.7. The van der Waals surface area contributed by atoms with Crippen LogP contribution in [0.1, 0.15) is 43.0 Å². The normalized spacial score (nSPS) is 28.4. The van der Waals surface area contributed by atoms with Crippen LogP contribution < -0.4 is 5.32 Å². The van der Waals surface area contributed by atoms with Gasteiger partial charge in [-0.1, -0.05) is 29.6 Å². The number of sulfonamides is 1. The number of hydrogen-bond acceptors (Lipinski definition) is 4. The fraction of sp³-hybridized carbons (Fsp3) is 0.650. The van der Waals surface area contributed by atoms with Gasteiger partial charge in [0.2, 0.25) is 10.0 Å². The van der Waals surface area contributed by atoms with Crippen LogP contribution in [0.2, 0.25) is 10.0 Å². The highest BCUT2D eigenvalue weighted by molar-refractivity contribution is 7.89. The standard InChI is InChI=1S/C20H26Cl2N2O4S/c1-12(15-9-13-2-3-14(15)8-13)23-20(25)16-10-19(18(22)11-17(16)21)29(26,27)24-4-6-28-7-5-24/h10-15H,2-9H2,1H3,(H,23,25). The fourth-order valence-electron chi connectivity index (χ4n) is 5.12. The quantitative estimate of drug-likeness (QED) is 0.728. The molecule has 3 aliphatic rings. The summed E-state index contributed by atoms with van der Waals surface area (Å²) in [4.78, 5) is 12.8. The van der Waals surface area contributed by atoms with Crippen LogP contribution >= 0.6 is 23.2 Å². The monoisotopic (exact) mass is 460 g/mol. The van der Waals surface area contributed by atoms with Crippen molar-refractivity contribution in [3.05, 3.63) is 27.7 Å². The Balaban J connectivity index is 1.55. The zero-order valence-electron chi connectivity index (χ0n) is 16.4. The van der Waals surface area contributed by atoms with Gasteiger partial charge >= 0.3 is 0 Å². The largest absolute Gasteiger partial charge is 0.379 e. The molecule has 1 amide bonds. The maximum atomic E-state index is 13.0. The number of amides is 1. The minimum absolute atomic E-state index is 0.0131. The summed E-state index contributed by atoms with van der Waals surface area (Å²) < 4.78 is 32.6. The summed E-state index contributed by atoms with van der Waals surface area (Å²) in [5, 5.41) is 3.21. The fourth-order valence-corrected chi connectivity index (χ4v) is 7.37. The Morgan fingerprint density at radius 2 is 1.90 bits per heavy atom. The molecule has 160 valence electrons. The lowest BCUT2D eigenvalue weighted by molar-refractivity contribution is 0.0730. The van der Waals surface area contributed by atoms with Gasteiger partial charge < -0.3 is 10.1 Å². The van der Waals surface area contributed by atoms with Crippen molar-refractivity contribution in [3.63, 3.8) is 0 Å². The van der Waals surface area contributed by atoms with Crippen molar-refractivity contribution in [2.75, 3.05) is 26.3 Å². The van der Waals surface area contributed by atoms with Crippen LogP contribution in [0.3, 0.4) is 0 Å². The number of halogens is 2. The minimum Gasteiger partial charge on any atom is -0.379 e. The number of fused-ring (bicyclic) bond motifs is 2. The highest BCUT2D eigenvalue weighted by atomic mass is 35.5. The van der Waals surface area contributed by atoms with Crippen molar-refractivity contribution < 1.29 is 17.9 Å². The Morgan fingerprint density at radius 3 is 2.52 bits per heavy atom. The van der Waals surface area contributed by atoms with Crippen LogP contribution in [0, 0.1) is 17.8 Å². The highest BCUT2D eigenvalue weighted by Crippen LogP contribution is 2.49. The van der Waals surface area contributed by atoms with Crippen LogP contribution in [0.15, 0.2) is 17.0 Å². The molecule has 1 saturated heterocycles. The van der Waals surface area contributed by atoms with Crippen molar-refractivity contribution >= 4 is 39.1 Å². The molecule has 4 rings (SSSR count). The highest BCUT2D eigenvalue weighted by Gasteiger charge is 2.42. The average molecular weight is 461 g/mol. The zero-order chi connectivity index (χ0) is 20.8.